The summed E-state index contributed by atoms with van der Waals surface area (Å²) in [5.74, 6) is 0.0264. The van der Waals surface area contributed by atoms with Crippen LogP contribution in [0.1, 0.15) is 47.3 Å². The Morgan fingerprint density at radius 2 is 2.08 bits per heavy atom. The lowest BCUT2D eigenvalue weighted by Crippen LogP contribution is -2.56. The maximum atomic E-state index is 13.1. The number of amides is 1. The van der Waals surface area contributed by atoms with Crippen LogP contribution in [0.3, 0.4) is 0 Å². The highest BCUT2D eigenvalue weighted by molar-refractivity contribution is 5.99. The van der Waals surface area contributed by atoms with E-state index in [1.807, 2.05) is 43.0 Å². The molecule has 5 heteroatoms. The highest BCUT2D eigenvalue weighted by Gasteiger charge is 2.44. The third-order valence-corrected chi connectivity index (χ3v) is 5.98. The number of aromatic nitrogens is 1. The third-order valence-electron chi connectivity index (χ3n) is 5.98. The summed E-state index contributed by atoms with van der Waals surface area (Å²) >= 11 is 0. The van der Waals surface area contributed by atoms with Gasteiger partial charge in [-0.15, -0.1) is 0 Å². The number of fused-ring (bicyclic) bond motifs is 1. The average Bonchev–Trinajstić information content (AvgIpc) is 2.65. The van der Waals surface area contributed by atoms with E-state index in [1.54, 1.807) is 0 Å². The van der Waals surface area contributed by atoms with Crippen molar-refractivity contribution in [3.05, 3.63) is 41.1 Å². The van der Waals surface area contributed by atoms with E-state index in [-0.39, 0.29) is 5.91 Å². The Morgan fingerprint density at radius 1 is 1.31 bits per heavy atom. The molecule has 0 aliphatic carbocycles. The number of nitrogens with zero attached hydrogens (tertiary/aromatic N) is 2. The van der Waals surface area contributed by atoms with Crippen molar-refractivity contribution in [1.29, 1.82) is 0 Å². The number of aliphatic hydroxyl groups excluding tert-OH is 1. The van der Waals surface area contributed by atoms with Gasteiger partial charge in [-0.2, -0.15) is 0 Å². The van der Waals surface area contributed by atoms with Crippen LogP contribution in [0, 0.1) is 13.8 Å². The minimum Gasteiger partial charge on any atom is -0.390 e. The van der Waals surface area contributed by atoms with Gasteiger partial charge in [0.1, 0.15) is 0 Å². The first-order chi connectivity index (χ1) is 12.5. The third kappa shape index (κ3) is 2.89. The average molecular weight is 354 g/mol. The van der Waals surface area contributed by atoms with Gasteiger partial charge in [0.2, 0.25) is 0 Å². The summed E-state index contributed by atoms with van der Waals surface area (Å²) < 4.78 is 5.95. The van der Waals surface area contributed by atoms with Crippen molar-refractivity contribution < 1.29 is 14.6 Å². The highest BCUT2D eigenvalue weighted by atomic mass is 16.5. The Morgan fingerprint density at radius 3 is 2.81 bits per heavy atom. The number of piperidine rings is 1. The van der Waals surface area contributed by atoms with Gasteiger partial charge in [0.15, 0.2) is 0 Å². The summed E-state index contributed by atoms with van der Waals surface area (Å²) in [6.45, 7) is 5.87. The molecular weight excluding hydrogens is 328 g/mol. The molecule has 0 radical (unpaired) electrons. The number of aryl methyl sites for hydroxylation is 2. The molecule has 1 amide bonds. The SMILES string of the molecule is Cc1nc2c(C)cccc2cc1C(=O)N1CCC2(CC1)OCCCC2O. The minimum atomic E-state index is -0.456. The van der Waals surface area contributed by atoms with Crippen molar-refractivity contribution in [3.8, 4) is 0 Å². The molecule has 2 aromatic rings. The molecule has 2 fully saturated rings. The first-order valence-electron chi connectivity index (χ1n) is 9.48. The number of para-hydroxylation sites is 1. The van der Waals surface area contributed by atoms with Crippen LogP contribution in [0.5, 0.6) is 0 Å². The van der Waals surface area contributed by atoms with Gasteiger partial charge in [0.25, 0.3) is 5.91 Å². The normalized spacial score (nSPS) is 22.7. The fourth-order valence-electron chi connectivity index (χ4n) is 4.30. The number of hydrogen-bond donors (Lipinski definition) is 1. The summed E-state index contributed by atoms with van der Waals surface area (Å²) in [6.07, 6.45) is 2.67. The second kappa shape index (κ2) is 6.63. The van der Waals surface area contributed by atoms with E-state index in [2.05, 4.69) is 4.98 Å². The lowest BCUT2D eigenvalue weighted by molar-refractivity contribution is -0.174. The Bertz CT molecular complexity index is 841. The summed E-state index contributed by atoms with van der Waals surface area (Å²) in [4.78, 5) is 19.6. The number of hydrogen-bond acceptors (Lipinski definition) is 4. The van der Waals surface area contributed by atoms with Gasteiger partial charge in [-0.1, -0.05) is 18.2 Å². The molecule has 138 valence electrons. The Labute approximate surface area is 154 Å². The molecule has 1 unspecified atom stereocenters. The fraction of sp³-hybridized carbons (Fsp3) is 0.524. The molecule has 3 heterocycles. The van der Waals surface area contributed by atoms with Crippen molar-refractivity contribution in [2.24, 2.45) is 0 Å². The van der Waals surface area contributed by atoms with Gasteiger partial charge in [-0.25, -0.2) is 0 Å². The maximum Gasteiger partial charge on any atom is 0.255 e. The first kappa shape index (κ1) is 17.4. The van der Waals surface area contributed by atoms with Crippen molar-refractivity contribution in [2.45, 2.75) is 51.2 Å². The molecule has 2 saturated heterocycles. The van der Waals surface area contributed by atoms with Crippen LogP contribution in [0.2, 0.25) is 0 Å². The molecule has 0 saturated carbocycles. The van der Waals surface area contributed by atoms with Crippen LogP contribution < -0.4 is 0 Å². The van der Waals surface area contributed by atoms with Crippen LogP contribution in [0.15, 0.2) is 24.3 Å². The van der Waals surface area contributed by atoms with Gasteiger partial charge in [-0.05, 0) is 51.2 Å². The number of carbonyl (C=O) groups excluding carboxylic acids is 1. The van der Waals surface area contributed by atoms with Gasteiger partial charge >= 0.3 is 0 Å². The number of ether oxygens (including phenoxy) is 1. The lowest BCUT2D eigenvalue weighted by Gasteiger charge is -2.46. The monoisotopic (exact) mass is 354 g/mol. The molecule has 26 heavy (non-hydrogen) atoms. The molecule has 4 rings (SSSR count). The summed E-state index contributed by atoms with van der Waals surface area (Å²) in [5.41, 5.74) is 3.06. The summed E-state index contributed by atoms with van der Waals surface area (Å²) in [6, 6.07) is 8.00. The minimum absolute atomic E-state index is 0.0264. The summed E-state index contributed by atoms with van der Waals surface area (Å²) in [5, 5.41) is 11.4. The number of pyridine rings is 1. The predicted octanol–water partition coefficient (Wildman–Crippen LogP) is 3.00. The number of rotatable bonds is 1. The molecule has 2 aliphatic rings. The molecule has 5 nitrogen and oxygen atoms in total. The largest absolute Gasteiger partial charge is 0.390 e. The second-order valence-corrected chi connectivity index (χ2v) is 7.63. The Hall–Kier alpha value is -1.98. The molecule has 2 aliphatic heterocycles. The van der Waals surface area contributed by atoms with Gasteiger partial charge in [0.05, 0.1) is 28.5 Å². The molecule has 1 aromatic carbocycles. The zero-order chi connectivity index (χ0) is 18.3. The molecular formula is C21H26N2O3. The quantitative estimate of drug-likeness (QED) is 0.855. The molecule has 0 bridgehead atoms. The zero-order valence-corrected chi connectivity index (χ0v) is 15.5. The van der Waals surface area contributed by atoms with Gasteiger partial charge in [-0.3, -0.25) is 9.78 Å². The van der Waals surface area contributed by atoms with E-state index < -0.39 is 11.7 Å². The van der Waals surface area contributed by atoms with Crippen LogP contribution >= 0.6 is 0 Å². The molecule has 1 atom stereocenters. The van der Waals surface area contributed by atoms with Crippen molar-refractivity contribution >= 4 is 16.8 Å². The zero-order valence-electron chi connectivity index (χ0n) is 15.5. The van der Waals surface area contributed by atoms with E-state index in [9.17, 15) is 9.90 Å². The number of likely N-dealkylation sites (tertiary alicyclic amines) is 1. The number of carbonyl (C=O) groups is 1. The molecule has 1 aromatic heterocycles. The highest BCUT2D eigenvalue weighted by Crippen LogP contribution is 2.35. The predicted molar refractivity (Wildman–Crippen MR) is 100 cm³/mol. The van der Waals surface area contributed by atoms with Crippen LogP contribution in [-0.4, -0.2) is 52.3 Å². The van der Waals surface area contributed by atoms with E-state index in [1.165, 1.54) is 0 Å². The summed E-state index contributed by atoms with van der Waals surface area (Å²) in [7, 11) is 0. The Kier molecular flexibility index (Phi) is 4.45. The van der Waals surface area contributed by atoms with Gasteiger partial charge in [0, 0.05) is 25.1 Å². The second-order valence-electron chi connectivity index (χ2n) is 7.63. The lowest BCUT2D eigenvalue weighted by atomic mass is 9.82. The number of benzene rings is 1. The van der Waals surface area contributed by atoms with Gasteiger partial charge < -0.3 is 14.7 Å². The van der Waals surface area contributed by atoms with Crippen molar-refractivity contribution in [3.63, 3.8) is 0 Å². The van der Waals surface area contributed by atoms with E-state index >= 15 is 0 Å². The van der Waals surface area contributed by atoms with Crippen LogP contribution in [-0.2, 0) is 4.74 Å². The molecule has 1 N–H and O–H groups in total. The molecule has 1 spiro atoms. The van der Waals surface area contributed by atoms with Crippen molar-refractivity contribution in [2.75, 3.05) is 19.7 Å². The smallest absolute Gasteiger partial charge is 0.255 e. The standard InChI is InChI=1S/C21H26N2O3/c1-14-5-3-6-16-13-17(15(2)22-19(14)16)20(25)23-10-8-21(9-11-23)18(24)7-4-12-26-21/h3,5-6,13,18,24H,4,7-12H2,1-2H3. The Balaban J connectivity index is 1.55. The van der Waals surface area contributed by atoms with Crippen LogP contribution in [0.25, 0.3) is 10.9 Å². The topological polar surface area (TPSA) is 62.7 Å². The van der Waals surface area contributed by atoms with E-state index in [0.29, 0.717) is 38.1 Å². The fourth-order valence-corrected chi connectivity index (χ4v) is 4.30. The maximum absolute atomic E-state index is 13.1. The van der Waals surface area contributed by atoms with E-state index in [4.69, 9.17) is 4.74 Å². The van der Waals surface area contributed by atoms with Crippen LogP contribution in [0.4, 0.5) is 0 Å². The van der Waals surface area contributed by atoms with Crippen molar-refractivity contribution in [1.82, 2.24) is 9.88 Å². The first-order valence-corrected chi connectivity index (χ1v) is 9.48. The number of aliphatic hydroxyl groups is 1. The van der Waals surface area contributed by atoms with E-state index in [0.717, 1.165) is 35.0 Å².